The zero-order valence-electron chi connectivity index (χ0n) is 13.3. The Labute approximate surface area is 116 Å². The van der Waals surface area contributed by atoms with Gasteiger partial charge in [0.2, 0.25) is 0 Å². The second-order valence-electron chi connectivity index (χ2n) is 5.89. The van der Waals surface area contributed by atoms with Gasteiger partial charge in [-0.05, 0) is 25.2 Å². The van der Waals surface area contributed by atoms with Crippen molar-refractivity contribution >= 4 is 0 Å². The summed E-state index contributed by atoms with van der Waals surface area (Å²) in [5, 5.41) is 0. The van der Waals surface area contributed by atoms with Gasteiger partial charge in [0.05, 0.1) is 0 Å². The van der Waals surface area contributed by atoms with Crippen LogP contribution in [0.5, 0.6) is 0 Å². The SMILES string of the molecule is C=C(CCCCCC)CC(CC)CCCCCC. The minimum Gasteiger partial charge on any atom is -0.0999 e. The van der Waals surface area contributed by atoms with E-state index in [4.69, 9.17) is 0 Å². The van der Waals surface area contributed by atoms with E-state index in [1.54, 1.807) is 0 Å². The monoisotopic (exact) mass is 252 g/mol. The van der Waals surface area contributed by atoms with Crippen LogP contribution in [-0.4, -0.2) is 0 Å². The number of rotatable bonds is 13. The Morgan fingerprint density at radius 1 is 0.833 bits per heavy atom. The molecule has 0 rings (SSSR count). The first kappa shape index (κ1) is 17.7. The van der Waals surface area contributed by atoms with Gasteiger partial charge in [-0.3, -0.25) is 0 Å². The van der Waals surface area contributed by atoms with Gasteiger partial charge in [0.15, 0.2) is 0 Å². The van der Waals surface area contributed by atoms with Crippen molar-refractivity contribution in [2.24, 2.45) is 5.92 Å². The maximum atomic E-state index is 4.28. The first-order valence-electron chi connectivity index (χ1n) is 8.41. The third-order valence-electron chi connectivity index (χ3n) is 4.00. The standard InChI is InChI=1S/C18H36/c1-5-8-10-12-14-17(4)16-18(7-3)15-13-11-9-6-2/h18H,4-16H2,1-3H3. The summed E-state index contributed by atoms with van der Waals surface area (Å²) < 4.78 is 0. The average Bonchev–Trinajstić information content (AvgIpc) is 2.38. The van der Waals surface area contributed by atoms with E-state index in [1.807, 2.05) is 0 Å². The number of allylic oxidation sites excluding steroid dienone is 1. The smallest absolute Gasteiger partial charge is 0.0295 e. The van der Waals surface area contributed by atoms with Gasteiger partial charge >= 0.3 is 0 Å². The molecule has 0 aromatic carbocycles. The predicted octanol–water partition coefficient (Wildman–Crippen LogP) is 6.90. The molecular formula is C18H36. The molecule has 0 nitrogen and oxygen atoms in total. The fraction of sp³-hybridized carbons (Fsp3) is 0.889. The highest BCUT2D eigenvalue weighted by Crippen LogP contribution is 2.24. The first-order chi connectivity index (χ1) is 8.74. The van der Waals surface area contributed by atoms with E-state index >= 15 is 0 Å². The molecule has 0 heterocycles. The predicted molar refractivity (Wildman–Crippen MR) is 85.1 cm³/mol. The van der Waals surface area contributed by atoms with E-state index in [0.29, 0.717) is 0 Å². The molecule has 18 heavy (non-hydrogen) atoms. The van der Waals surface area contributed by atoms with Crippen LogP contribution in [0.3, 0.4) is 0 Å². The average molecular weight is 252 g/mol. The lowest BCUT2D eigenvalue weighted by Crippen LogP contribution is -2.01. The Kier molecular flexibility index (Phi) is 13.0. The molecule has 108 valence electrons. The van der Waals surface area contributed by atoms with Crippen LogP contribution in [0.1, 0.15) is 97.8 Å². The van der Waals surface area contributed by atoms with E-state index in [0.717, 1.165) is 5.92 Å². The summed E-state index contributed by atoms with van der Waals surface area (Å²) in [5.74, 6) is 0.903. The Balaban J connectivity index is 3.59. The van der Waals surface area contributed by atoms with Gasteiger partial charge in [-0.1, -0.05) is 90.7 Å². The summed E-state index contributed by atoms with van der Waals surface area (Å²) in [6, 6.07) is 0. The van der Waals surface area contributed by atoms with Crippen molar-refractivity contribution in [3.05, 3.63) is 12.2 Å². The highest BCUT2D eigenvalue weighted by atomic mass is 14.1. The van der Waals surface area contributed by atoms with Gasteiger partial charge < -0.3 is 0 Å². The van der Waals surface area contributed by atoms with Crippen LogP contribution in [0.4, 0.5) is 0 Å². The summed E-state index contributed by atoms with van der Waals surface area (Å²) >= 11 is 0. The van der Waals surface area contributed by atoms with Gasteiger partial charge in [0.1, 0.15) is 0 Å². The highest BCUT2D eigenvalue weighted by molar-refractivity contribution is 4.95. The van der Waals surface area contributed by atoms with Crippen LogP contribution in [0.2, 0.25) is 0 Å². The fourth-order valence-corrected chi connectivity index (χ4v) is 2.62. The Morgan fingerprint density at radius 2 is 1.44 bits per heavy atom. The molecule has 1 unspecified atom stereocenters. The zero-order valence-corrected chi connectivity index (χ0v) is 13.3. The van der Waals surface area contributed by atoms with Crippen molar-refractivity contribution in [3.63, 3.8) is 0 Å². The molecule has 0 fully saturated rings. The summed E-state index contributed by atoms with van der Waals surface area (Å²) in [5.41, 5.74) is 1.51. The number of hydrogen-bond acceptors (Lipinski definition) is 0. The van der Waals surface area contributed by atoms with Crippen molar-refractivity contribution in [1.82, 2.24) is 0 Å². The van der Waals surface area contributed by atoms with Gasteiger partial charge in [-0.15, -0.1) is 0 Å². The van der Waals surface area contributed by atoms with Crippen molar-refractivity contribution in [2.75, 3.05) is 0 Å². The van der Waals surface area contributed by atoms with Gasteiger partial charge in [0.25, 0.3) is 0 Å². The molecule has 0 aliphatic rings. The molecule has 1 atom stereocenters. The van der Waals surface area contributed by atoms with Crippen LogP contribution in [0, 0.1) is 5.92 Å². The molecule has 0 heteroatoms. The quantitative estimate of drug-likeness (QED) is 0.247. The van der Waals surface area contributed by atoms with Crippen LogP contribution in [0.15, 0.2) is 12.2 Å². The van der Waals surface area contributed by atoms with E-state index in [1.165, 1.54) is 82.6 Å². The molecule has 0 spiro atoms. The Morgan fingerprint density at radius 3 is 2.00 bits per heavy atom. The van der Waals surface area contributed by atoms with Gasteiger partial charge in [0, 0.05) is 0 Å². The Hall–Kier alpha value is -0.260. The molecule has 0 amide bonds. The second-order valence-corrected chi connectivity index (χ2v) is 5.89. The first-order valence-corrected chi connectivity index (χ1v) is 8.41. The van der Waals surface area contributed by atoms with Crippen LogP contribution in [-0.2, 0) is 0 Å². The molecular weight excluding hydrogens is 216 g/mol. The molecule has 0 aliphatic carbocycles. The summed E-state index contributed by atoms with van der Waals surface area (Å²) in [6.45, 7) is 11.2. The van der Waals surface area contributed by atoms with Crippen molar-refractivity contribution in [1.29, 1.82) is 0 Å². The lowest BCUT2D eigenvalue weighted by Gasteiger charge is -2.16. The van der Waals surface area contributed by atoms with E-state index in [9.17, 15) is 0 Å². The van der Waals surface area contributed by atoms with E-state index < -0.39 is 0 Å². The molecule has 0 radical (unpaired) electrons. The summed E-state index contributed by atoms with van der Waals surface area (Å²) in [7, 11) is 0. The summed E-state index contributed by atoms with van der Waals surface area (Å²) in [4.78, 5) is 0. The Bertz CT molecular complexity index is 180. The normalized spacial score (nSPS) is 12.6. The van der Waals surface area contributed by atoms with Crippen molar-refractivity contribution < 1.29 is 0 Å². The third kappa shape index (κ3) is 10.9. The topological polar surface area (TPSA) is 0 Å². The molecule has 0 aromatic heterocycles. The van der Waals surface area contributed by atoms with Crippen molar-refractivity contribution in [2.45, 2.75) is 97.8 Å². The lowest BCUT2D eigenvalue weighted by molar-refractivity contribution is 0.432. The van der Waals surface area contributed by atoms with Crippen LogP contribution >= 0.6 is 0 Å². The molecule has 0 saturated heterocycles. The van der Waals surface area contributed by atoms with Crippen LogP contribution < -0.4 is 0 Å². The maximum Gasteiger partial charge on any atom is -0.0295 e. The van der Waals surface area contributed by atoms with Gasteiger partial charge in [-0.2, -0.15) is 0 Å². The van der Waals surface area contributed by atoms with E-state index in [2.05, 4.69) is 27.4 Å². The summed E-state index contributed by atoms with van der Waals surface area (Å²) in [6.07, 6.45) is 16.4. The maximum absolute atomic E-state index is 4.28. The zero-order chi connectivity index (χ0) is 13.6. The van der Waals surface area contributed by atoms with Gasteiger partial charge in [-0.25, -0.2) is 0 Å². The third-order valence-corrected chi connectivity index (χ3v) is 4.00. The molecule has 0 bridgehead atoms. The van der Waals surface area contributed by atoms with Crippen molar-refractivity contribution in [3.8, 4) is 0 Å². The molecule has 0 aromatic rings. The number of hydrogen-bond donors (Lipinski definition) is 0. The lowest BCUT2D eigenvalue weighted by atomic mass is 9.90. The van der Waals surface area contributed by atoms with Crippen LogP contribution in [0.25, 0.3) is 0 Å². The molecule has 0 aliphatic heterocycles. The highest BCUT2D eigenvalue weighted by Gasteiger charge is 2.08. The minimum atomic E-state index is 0.903. The molecule has 0 N–H and O–H groups in total. The molecule has 0 saturated carbocycles. The van der Waals surface area contributed by atoms with E-state index in [-0.39, 0.29) is 0 Å². The largest absolute Gasteiger partial charge is 0.0999 e. The minimum absolute atomic E-state index is 0.903. The fourth-order valence-electron chi connectivity index (χ4n) is 2.62. The number of unbranched alkanes of at least 4 members (excludes halogenated alkanes) is 6. The second kappa shape index (κ2) is 13.2.